The quantitative estimate of drug-likeness (QED) is 0.0757. The standard InChI is InChI=1S/C46H69N4O9.4C2HF3O2/c1-30-27-31(2)46-35(11-12-36-39(46)40(52)32(3)42(43(36)59-46)58-44(53)34-9-6-7-10-34)28-37(55-5)45(54)57-41(30)33(4)56-38(51)29-50-24-21-49(22-25-50,23-26-50)17-8-16-48-18-13-47(14-19-48)15-20-48;4*3-2(4,5)1(6)7/h6-7,9,11-12,27,30,32-33,35-37,39-43,52H,8,10,13-26,28-29H2,1-5H3;4*(H,6,7)/q+3;;;;/p-3/b31-27+;;;;/t30-,32-,33-,35-,36-,37+,39+,40-,41+,42-,43-,46+,49?,50?;;;;/m1..../s1. The molecule has 2 N–H and O–H groups in total. The van der Waals surface area contributed by atoms with E-state index in [1.807, 2.05) is 39.8 Å². The molecular formula is C54H70F12N4O17. The van der Waals surface area contributed by atoms with Gasteiger partial charge in [-0.2, -0.15) is 52.7 Å². The summed E-state index contributed by atoms with van der Waals surface area (Å²) in [5.74, 6) is -14.7. The monoisotopic (exact) mass is 1270 g/mol. The SMILES string of the molecule is CO[C@H]1C[C@H]2C=C[C@H]3[C@H]4O[C@]2(/C(C)=C/[C@@H](C)[C@@H]([C@@H](C)OC(=O)C[N+]25CC[N+](CCC[N+]67CC[NH+](CC6)CC7)(CC2)CC5)OC1=O)[C@@H]3[C@H](O)[C@@H](C)[C@H]4OC(=O)C1=CC=CC1.O=C([O-])C(F)(F)F.O=C([O-])C(F)(F)F.O=C([O-])C(F)(F)F.O=C([O-])C(F)(F)F. The van der Waals surface area contributed by atoms with Crippen molar-refractivity contribution in [2.75, 3.05) is 105 Å². The zero-order chi connectivity index (χ0) is 65.6. The van der Waals surface area contributed by atoms with Crippen LogP contribution in [-0.2, 0) is 57.2 Å². The Morgan fingerprint density at radius 2 is 1.21 bits per heavy atom. The summed E-state index contributed by atoms with van der Waals surface area (Å²) in [4.78, 5) is 78.0. The van der Waals surface area contributed by atoms with E-state index in [-0.39, 0.29) is 47.9 Å². The number of aliphatic hydroxyl groups is 1. The number of allylic oxidation sites excluding steroid dienone is 3. The van der Waals surface area contributed by atoms with Gasteiger partial charge >= 0.3 is 42.6 Å². The van der Waals surface area contributed by atoms with E-state index in [4.69, 9.17) is 63.3 Å². The van der Waals surface area contributed by atoms with E-state index >= 15 is 0 Å². The molecule has 492 valence electrons. The lowest BCUT2D eigenvalue weighted by atomic mass is 9.57. The van der Waals surface area contributed by atoms with Crippen LogP contribution < -0.4 is 25.3 Å². The van der Waals surface area contributed by atoms with Gasteiger partial charge in [-0.15, -0.1) is 0 Å². The number of carbonyl (C=O) groups is 7. The Morgan fingerprint density at radius 1 is 0.747 bits per heavy atom. The zero-order valence-corrected chi connectivity index (χ0v) is 47.9. The number of fused-ring (bicyclic) bond motifs is 6. The fraction of sp³-hybridized carbons (Fsp3) is 0.722. The first-order valence-electron chi connectivity index (χ1n) is 27.8. The van der Waals surface area contributed by atoms with Gasteiger partial charge in [0.25, 0.3) is 0 Å². The third-order valence-corrected chi connectivity index (χ3v) is 18.1. The first-order chi connectivity index (χ1) is 40.1. The summed E-state index contributed by atoms with van der Waals surface area (Å²) < 4.78 is 161. The van der Waals surface area contributed by atoms with Gasteiger partial charge in [-0.3, -0.25) is 0 Å². The number of piperazine rings is 6. The molecule has 0 unspecified atom stereocenters. The summed E-state index contributed by atoms with van der Waals surface area (Å²) in [6.07, 6.45) is -11.2. The van der Waals surface area contributed by atoms with Crippen molar-refractivity contribution in [3.63, 3.8) is 0 Å². The number of hydrogen-bond donors (Lipinski definition) is 2. The number of nitrogens with zero attached hydrogens (tertiary/aromatic N) is 3. The minimum Gasteiger partial charge on any atom is -0.542 e. The summed E-state index contributed by atoms with van der Waals surface area (Å²) in [6.45, 7) is 25.1. The molecular weight excluding hydrogens is 1200 g/mol. The molecule has 1 spiro atoms. The van der Waals surface area contributed by atoms with E-state index < -0.39 is 96.8 Å². The number of rotatable bonds is 11. The molecule has 1 saturated carbocycles. The maximum atomic E-state index is 14.0. The number of nitrogens with one attached hydrogen (secondary N) is 1. The number of halogens is 12. The van der Waals surface area contributed by atoms with Crippen LogP contribution in [0.1, 0.15) is 47.0 Å². The van der Waals surface area contributed by atoms with Crippen LogP contribution in [0.25, 0.3) is 0 Å². The van der Waals surface area contributed by atoms with Gasteiger partial charge in [0.1, 0.15) is 132 Å². The van der Waals surface area contributed by atoms with E-state index in [1.54, 1.807) is 11.0 Å². The first-order valence-corrected chi connectivity index (χ1v) is 27.8. The van der Waals surface area contributed by atoms with Gasteiger partial charge in [-0.1, -0.05) is 50.3 Å². The molecule has 3 aliphatic carbocycles. The number of cyclic esters (lactones) is 1. The number of aliphatic hydroxyl groups excluding tert-OH is 1. The molecule has 0 aromatic heterocycles. The van der Waals surface area contributed by atoms with Crippen LogP contribution in [0.15, 0.2) is 47.6 Å². The van der Waals surface area contributed by atoms with Crippen LogP contribution in [0, 0.1) is 29.6 Å². The van der Waals surface area contributed by atoms with Gasteiger partial charge in [-0.05, 0) is 32.3 Å². The lowest BCUT2D eigenvalue weighted by molar-refractivity contribution is -1.08. The van der Waals surface area contributed by atoms with Crippen molar-refractivity contribution in [3.05, 3.63) is 47.6 Å². The molecule has 0 aromatic carbocycles. The number of carbonyl (C=O) groups excluding carboxylic acids is 7. The zero-order valence-electron chi connectivity index (χ0n) is 47.9. The molecule has 21 nitrogen and oxygen atoms in total. The average Bonchev–Trinajstić information content (AvgIpc) is 1.55. The largest absolute Gasteiger partial charge is 0.542 e. The van der Waals surface area contributed by atoms with Gasteiger partial charge < -0.3 is 86.7 Å². The summed E-state index contributed by atoms with van der Waals surface area (Å²) in [5, 5.41) is 47.2. The number of esters is 3. The highest BCUT2D eigenvalue weighted by Gasteiger charge is 2.69. The Labute approximate surface area is 491 Å². The Bertz CT molecular complexity index is 2500. The Balaban J connectivity index is 0.000000408. The fourth-order valence-corrected chi connectivity index (χ4v) is 13.4. The van der Waals surface area contributed by atoms with Crippen LogP contribution >= 0.6 is 0 Å². The van der Waals surface area contributed by atoms with Crippen molar-refractivity contribution in [2.24, 2.45) is 29.6 Å². The molecule has 8 aliphatic heterocycles. The third-order valence-electron chi connectivity index (χ3n) is 18.1. The smallest absolute Gasteiger partial charge is 0.430 e. The molecule has 8 heterocycles. The normalized spacial score (nSPS) is 35.6. The maximum absolute atomic E-state index is 14.0. The molecule has 12 atom stereocenters. The molecule has 7 saturated heterocycles. The van der Waals surface area contributed by atoms with E-state index in [0.717, 1.165) is 49.3 Å². The van der Waals surface area contributed by atoms with E-state index in [1.165, 1.54) is 74.9 Å². The lowest BCUT2D eigenvalue weighted by Gasteiger charge is -2.55. The molecule has 8 bridgehead atoms. The molecule has 0 aromatic rings. The minimum absolute atomic E-state index is 0.188. The number of hydrogen-bond acceptors (Lipinski definition) is 17. The first kappa shape index (κ1) is 71.9. The van der Waals surface area contributed by atoms with Gasteiger partial charge in [-0.25, -0.2) is 14.4 Å². The van der Waals surface area contributed by atoms with Gasteiger partial charge in [0, 0.05) is 48.7 Å². The van der Waals surface area contributed by atoms with Crippen molar-refractivity contribution in [3.8, 4) is 0 Å². The molecule has 33 heteroatoms. The van der Waals surface area contributed by atoms with Crippen molar-refractivity contribution >= 4 is 41.8 Å². The second-order valence-electron chi connectivity index (χ2n) is 23.4. The molecule has 0 radical (unpaired) electrons. The summed E-state index contributed by atoms with van der Waals surface area (Å²) >= 11 is 0. The minimum atomic E-state index is -5.19. The summed E-state index contributed by atoms with van der Waals surface area (Å²) in [5.41, 5.74) is 0.532. The van der Waals surface area contributed by atoms with Crippen molar-refractivity contribution in [2.45, 2.75) is 114 Å². The van der Waals surface area contributed by atoms with Gasteiger partial charge in [0.15, 0.2) is 12.6 Å². The molecule has 0 amide bonds. The number of methoxy groups -OCH3 is 1. The predicted molar refractivity (Wildman–Crippen MR) is 261 cm³/mol. The fourth-order valence-electron chi connectivity index (χ4n) is 13.4. The van der Waals surface area contributed by atoms with Gasteiger partial charge in [0.2, 0.25) is 0 Å². The summed E-state index contributed by atoms with van der Waals surface area (Å²) in [6, 6.07) is 0. The molecule has 11 rings (SSSR count). The van der Waals surface area contributed by atoms with E-state index in [9.17, 15) is 72.2 Å². The van der Waals surface area contributed by atoms with E-state index in [0.29, 0.717) is 18.5 Å². The number of alkyl halides is 12. The van der Waals surface area contributed by atoms with Crippen LogP contribution in [0.4, 0.5) is 52.7 Å². The highest BCUT2D eigenvalue weighted by atomic mass is 19.4. The number of quaternary nitrogens is 4. The Morgan fingerprint density at radius 3 is 1.64 bits per heavy atom. The predicted octanol–water partition coefficient (Wildman–Crippen LogP) is -1.83. The Hall–Kier alpha value is -5.87. The molecule has 8 fully saturated rings. The highest BCUT2D eigenvalue weighted by molar-refractivity contribution is 5.90. The number of aliphatic carboxylic acids is 4. The van der Waals surface area contributed by atoms with Crippen molar-refractivity contribution < 1.29 is 154 Å². The molecule has 87 heavy (non-hydrogen) atoms. The van der Waals surface area contributed by atoms with Gasteiger partial charge in [0.05, 0.1) is 19.2 Å². The van der Waals surface area contributed by atoms with Crippen LogP contribution in [0.2, 0.25) is 0 Å². The van der Waals surface area contributed by atoms with Crippen molar-refractivity contribution in [1.29, 1.82) is 0 Å². The number of carboxylic acids is 4. The maximum Gasteiger partial charge on any atom is 0.430 e. The van der Waals surface area contributed by atoms with Crippen LogP contribution in [0.3, 0.4) is 0 Å². The summed E-state index contributed by atoms with van der Waals surface area (Å²) in [7, 11) is 1.51. The highest BCUT2D eigenvalue weighted by Crippen LogP contribution is 2.61. The third kappa shape index (κ3) is 17.5. The van der Waals surface area contributed by atoms with Crippen LogP contribution in [-0.4, -0.2) is 233 Å². The average molecular weight is 1280 g/mol. The Kier molecular flexibility index (Phi) is 23.0. The van der Waals surface area contributed by atoms with Crippen molar-refractivity contribution in [1.82, 2.24) is 0 Å². The second-order valence-corrected chi connectivity index (χ2v) is 23.4. The second kappa shape index (κ2) is 27.9. The van der Waals surface area contributed by atoms with E-state index in [2.05, 4.69) is 18.2 Å². The topological polar surface area (TPSA) is 283 Å². The lowest BCUT2D eigenvalue weighted by Crippen LogP contribution is -3.19. The molecule has 11 aliphatic rings. The van der Waals surface area contributed by atoms with Crippen LogP contribution in [0.5, 0.6) is 0 Å². The number of ether oxygens (including phenoxy) is 5. The number of carboxylic acid groups (broad SMARTS) is 4.